The van der Waals surface area contributed by atoms with E-state index in [1.54, 1.807) is 0 Å². The highest BCUT2D eigenvalue weighted by Crippen LogP contribution is 2.45. The number of hydrogen-bond donors (Lipinski definition) is 1. The summed E-state index contributed by atoms with van der Waals surface area (Å²) >= 11 is 0. The lowest BCUT2D eigenvalue weighted by atomic mass is 9.96. The molecule has 5 aromatic rings. The molecule has 0 spiro atoms. The van der Waals surface area contributed by atoms with E-state index >= 15 is 0 Å². The standard InChI is InChI=1S/C30H34N8/c1-5-38-13-12-26-25(17-38)32-30(36(26)3)22-10-8-21(14-18(22)2)29-33-27(37(4)35-29)15-20-9-11-24-23(16-31-34-24)28(20)19-6-7-19/h8-11,14,16,19H,5-7,12-13,15,17H2,1-4H3,(H,31,34). The van der Waals surface area contributed by atoms with Crippen LogP contribution in [0.15, 0.2) is 36.5 Å². The van der Waals surface area contributed by atoms with Crippen LogP contribution in [0.1, 0.15) is 59.6 Å². The monoisotopic (exact) mass is 506 g/mol. The number of likely N-dealkylation sites (N-methyl/N-ethyl adjacent to an activating group) is 1. The van der Waals surface area contributed by atoms with E-state index in [-0.39, 0.29) is 0 Å². The molecule has 1 N–H and O–H groups in total. The van der Waals surface area contributed by atoms with Gasteiger partial charge in [-0.15, -0.1) is 0 Å². The Morgan fingerprint density at radius 2 is 1.95 bits per heavy atom. The number of imidazole rings is 1. The number of hydrogen-bond acceptors (Lipinski definition) is 5. The predicted molar refractivity (Wildman–Crippen MR) is 149 cm³/mol. The number of aromatic amines is 1. The van der Waals surface area contributed by atoms with E-state index in [0.717, 1.165) is 61.0 Å². The fourth-order valence-electron chi connectivity index (χ4n) is 6.10. The van der Waals surface area contributed by atoms with Gasteiger partial charge in [0.2, 0.25) is 0 Å². The lowest BCUT2D eigenvalue weighted by molar-refractivity contribution is 0.262. The van der Waals surface area contributed by atoms with E-state index in [0.29, 0.717) is 5.92 Å². The van der Waals surface area contributed by atoms with Crippen LogP contribution in [0.2, 0.25) is 0 Å². The SMILES string of the molecule is CCN1CCc2c(nc(-c3ccc(-c4nc(Cc5ccc6[nH]ncc6c5C5CC5)n(C)n4)cc3C)n2C)C1. The van der Waals surface area contributed by atoms with E-state index in [4.69, 9.17) is 15.1 Å². The van der Waals surface area contributed by atoms with Gasteiger partial charge in [0, 0.05) is 62.2 Å². The highest BCUT2D eigenvalue weighted by molar-refractivity contribution is 5.84. The number of nitrogens with zero attached hydrogens (tertiary/aromatic N) is 7. The van der Waals surface area contributed by atoms with Crippen LogP contribution in [0, 0.1) is 6.92 Å². The Morgan fingerprint density at radius 1 is 1.08 bits per heavy atom. The van der Waals surface area contributed by atoms with Gasteiger partial charge in [0.1, 0.15) is 11.6 Å². The number of nitrogens with one attached hydrogen (secondary N) is 1. The Hall–Kier alpha value is -3.78. The normalized spacial score (nSPS) is 15.9. The van der Waals surface area contributed by atoms with Gasteiger partial charge in [-0.1, -0.05) is 25.1 Å². The summed E-state index contributed by atoms with van der Waals surface area (Å²) in [4.78, 5) is 12.5. The quantitative estimate of drug-likeness (QED) is 0.354. The number of rotatable bonds is 6. The van der Waals surface area contributed by atoms with E-state index in [1.807, 2.05) is 17.9 Å². The van der Waals surface area contributed by atoms with Crippen molar-refractivity contribution >= 4 is 10.9 Å². The Morgan fingerprint density at radius 3 is 2.74 bits per heavy atom. The third kappa shape index (κ3) is 3.86. The summed E-state index contributed by atoms with van der Waals surface area (Å²) in [7, 11) is 4.15. The molecule has 2 aromatic carbocycles. The number of aromatic nitrogens is 7. The van der Waals surface area contributed by atoms with Crippen LogP contribution in [-0.4, -0.2) is 52.5 Å². The van der Waals surface area contributed by atoms with Gasteiger partial charge in [-0.25, -0.2) is 9.97 Å². The number of H-pyrrole nitrogens is 1. The van der Waals surface area contributed by atoms with Crippen LogP contribution < -0.4 is 0 Å². The first-order valence-electron chi connectivity index (χ1n) is 13.7. The lowest BCUT2D eigenvalue weighted by Crippen LogP contribution is -2.30. The molecule has 3 aromatic heterocycles. The Labute approximate surface area is 222 Å². The second kappa shape index (κ2) is 8.91. The van der Waals surface area contributed by atoms with Crippen molar-refractivity contribution in [1.29, 1.82) is 0 Å². The summed E-state index contributed by atoms with van der Waals surface area (Å²) in [5.41, 5.74) is 9.86. The van der Waals surface area contributed by atoms with E-state index < -0.39 is 0 Å². The molecule has 0 radical (unpaired) electrons. The molecule has 2 aliphatic rings. The summed E-state index contributed by atoms with van der Waals surface area (Å²) in [6, 6.07) is 10.9. The molecule has 0 saturated heterocycles. The molecule has 7 rings (SSSR count). The van der Waals surface area contributed by atoms with Crippen molar-refractivity contribution in [3.63, 3.8) is 0 Å². The Balaban J connectivity index is 1.19. The fraction of sp³-hybridized carbons (Fsp3) is 0.400. The number of benzene rings is 2. The summed E-state index contributed by atoms with van der Waals surface area (Å²) in [6.45, 7) is 7.49. The lowest BCUT2D eigenvalue weighted by Gasteiger charge is -2.24. The van der Waals surface area contributed by atoms with E-state index in [2.05, 4.69) is 70.9 Å². The molecule has 8 nitrogen and oxygen atoms in total. The molecular weight excluding hydrogens is 472 g/mol. The summed E-state index contributed by atoms with van der Waals surface area (Å²) in [5.74, 6) is 3.43. The highest BCUT2D eigenvalue weighted by atomic mass is 15.3. The maximum atomic E-state index is 5.07. The van der Waals surface area contributed by atoms with Crippen LogP contribution in [0.5, 0.6) is 0 Å². The van der Waals surface area contributed by atoms with Crippen molar-refractivity contribution in [3.05, 3.63) is 70.4 Å². The molecule has 1 aliphatic carbocycles. The molecule has 194 valence electrons. The van der Waals surface area contributed by atoms with Crippen LogP contribution in [0.3, 0.4) is 0 Å². The third-order valence-electron chi connectivity index (χ3n) is 8.45. The van der Waals surface area contributed by atoms with Crippen LogP contribution >= 0.6 is 0 Å². The highest BCUT2D eigenvalue weighted by Gasteiger charge is 2.29. The van der Waals surface area contributed by atoms with Crippen LogP contribution in [0.25, 0.3) is 33.7 Å². The maximum Gasteiger partial charge on any atom is 0.181 e. The molecular formula is C30H34N8. The van der Waals surface area contributed by atoms with Gasteiger partial charge in [0.25, 0.3) is 0 Å². The summed E-state index contributed by atoms with van der Waals surface area (Å²) in [5, 5.41) is 13.5. The van der Waals surface area contributed by atoms with Crippen molar-refractivity contribution in [2.75, 3.05) is 13.1 Å². The molecule has 1 fully saturated rings. The van der Waals surface area contributed by atoms with Crippen molar-refractivity contribution in [2.24, 2.45) is 14.1 Å². The third-order valence-corrected chi connectivity index (χ3v) is 8.45. The van der Waals surface area contributed by atoms with Gasteiger partial charge in [0.05, 0.1) is 17.4 Å². The Kier molecular flexibility index (Phi) is 5.47. The largest absolute Gasteiger partial charge is 0.331 e. The zero-order valence-corrected chi connectivity index (χ0v) is 22.6. The first-order chi connectivity index (χ1) is 18.5. The van der Waals surface area contributed by atoms with Gasteiger partial charge in [-0.05, 0) is 61.1 Å². The first kappa shape index (κ1) is 23.3. The molecule has 0 bridgehead atoms. The van der Waals surface area contributed by atoms with Crippen molar-refractivity contribution in [2.45, 2.75) is 52.0 Å². The molecule has 4 heterocycles. The van der Waals surface area contributed by atoms with Gasteiger partial charge in [-0.3, -0.25) is 14.7 Å². The second-order valence-electron chi connectivity index (χ2n) is 10.9. The average Bonchev–Trinajstić information content (AvgIpc) is 3.39. The molecule has 38 heavy (non-hydrogen) atoms. The van der Waals surface area contributed by atoms with Gasteiger partial charge in [-0.2, -0.15) is 10.2 Å². The zero-order valence-electron chi connectivity index (χ0n) is 22.6. The Bertz CT molecular complexity index is 1670. The molecule has 8 heteroatoms. The van der Waals surface area contributed by atoms with Gasteiger partial charge >= 0.3 is 0 Å². The molecule has 0 unspecified atom stereocenters. The summed E-state index contributed by atoms with van der Waals surface area (Å²) in [6.07, 6.45) is 6.30. The maximum absolute atomic E-state index is 5.07. The van der Waals surface area contributed by atoms with Crippen molar-refractivity contribution in [1.82, 2.24) is 39.4 Å². The zero-order chi connectivity index (χ0) is 26.0. The topological polar surface area (TPSA) is 80.5 Å². The van der Waals surface area contributed by atoms with Gasteiger partial charge in [0.15, 0.2) is 5.82 Å². The van der Waals surface area contributed by atoms with Crippen LogP contribution in [0.4, 0.5) is 0 Å². The molecule has 1 saturated carbocycles. The van der Waals surface area contributed by atoms with Crippen molar-refractivity contribution in [3.8, 4) is 22.8 Å². The molecule has 0 atom stereocenters. The number of aryl methyl sites for hydroxylation is 2. The molecule has 1 aliphatic heterocycles. The predicted octanol–water partition coefficient (Wildman–Crippen LogP) is 4.91. The van der Waals surface area contributed by atoms with E-state index in [9.17, 15) is 0 Å². The molecule has 0 amide bonds. The average molecular weight is 507 g/mol. The van der Waals surface area contributed by atoms with Crippen molar-refractivity contribution < 1.29 is 0 Å². The first-order valence-corrected chi connectivity index (χ1v) is 13.7. The smallest absolute Gasteiger partial charge is 0.181 e. The minimum absolute atomic E-state index is 0.635. The number of fused-ring (bicyclic) bond motifs is 2. The minimum Gasteiger partial charge on any atom is -0.331 e. The summed E-state index contributed by atoms with van der Waals surface area (Å²) < 4.78 is 4.22. The fourth-order valence-corrected chi connectivity index (χ4v) is 6.10. The minimum atomic E-state index is 0.635. The second-order valence-corrected chi connectivity index (χ2v) is 10.9. The van der Waals surface area contributed by atoms with Gasteiger partial charge < -0.3 is 4.57 Å². The van der Waals surface area contributed by atoms with E-state index in [1.165, 1.54) is 51.9 Å². The van der Waals surface area contributed by atoms with Crippen LogP contribution in [-0.2, 0) is 33.5 Å².